The second-order valence-electron chi connectivity index (χ2n) is 6.23. The standard InChI is InChI=1S/C14H20BrNO4S/c1-9-6-10(13(17)18)7-11(12(9)15)21(19,20)16(5)8-14(2,3)4/h6-7H,8H2,1-5H3,(H,17,18). The van der Waals surface area contributed by atoms with Gasteiger partial charge in [0.25, 0.3) is 0 Å². The SMILES string of the molecule is Cc1cc(C(=O)O)cc(S(=O)(=O)N(C)CC(C)(C)C)c1Br. The number of hydrogen-bond donors (Lipinski definition) is 1. The number of benzene rings is 1. The fourth-order valence-corrected chi connectivity index (χ4v) is 4.37. The van der Waals surface area contributed by atoms with Crippen LogP contribution in [0.1, 0.15) is 36.7 Å². The number of hydrogen-bond acceptors (Lipinski definition) is 3. The van der Waals surface area contributed by atoms with Gasteiger partial charge < -0.3 is 5.11 Å². The van der Waals surface area contributed by atoms with Gasteiger partial charge in [-0.15, -0.1) is 0 Å². The molecule has 0 bridgehead atoms. The van der Waals surface area contributed by atoms with Crippen molar-refractivity contribution in [1.29, 1.82) is 0 Å². The Kier molecular flexibility index (Phi) is 5.23. The Morgan fingerprint density at radius 3 is 2.29 bits per heavy atom. The zero-order valence-electron chi connectivity index (χ0n) is 12.8. The van der Waals surface area contributed by atoms with Gasteiger partial charge in [-0.2, -0.15) is 0 Å². The van der Waals surface area contributed by atoms with Gasteiger partial charge in [0.1, 0.15) is 0 Å². The molecule has 0 fully saturated rings. The summed E-state index contributed by atoms with van der Waals surface area (Å²) in [6.45, 7) is 7.81. The number of carboxylic acids is 1. The molecule has 0 heterocycles. The highest BCUT2D eigenvalue weighted by molar-refractivity contribution is 9.10. The van der Waals surface area contributed by atoms with E-state index in [0.717, 1.165) is 0 Å². The molecule has 0 aliphatic carbocycles. The molecule has 0 radical (unpaired) electrons. The van der Waals surface area contributed by atoms with Gasteiger partial charge >= 0.3 is 5.97 Å². The van der Waals surface area contributed by atoms with E-state index in [1.165, 1.54) is 23.5 Å². The largest absolute Gasteiger partial charge is 0.478 e. The van der Waals surface area contributed by atoms with Crippen LogP contribution in [0.3, 0.4) is 0 Å². The molecule has 1 aromatic rings. The Balaban J connectivity index is 3.41. The lowest BCUT2D eigenvalue weighted by Crippen LogP contribution is -2.34. The molecule has 0 amide bonds. The predicted molar refractivity (Wildman–Crippen MR) is 85.1 cm³/mol. The third kappa shape index (κ3) is 4.28. The molecular weight excluding hydrogens is 358 g/mol. The van der Waals surface area contributed by atoms with Crippen molar-refractivity contribution in [2.24, 2.45) is 5.41 Å². The minimum absolute atomic E-state index is 0.0216. The van der Waals surface area contributed by atoms with Gasteiger partial charge in [-0.3, -0.25) is 0 Å². The topological polar surface area (TPSA) is 74.7 Å². The van der Waals surface area contributed by atoms with Crippen LogP contribution >= 0.6 is 15.9 Å². The number of sulfonamides is 1. The highest BCUT2D eigenvalue weighted by Gasteiger charge is 2.28. The molecule has 1 aromatic carbocycles. The molecule has 0 saturated heterocycles. The number of nitrogens with zero attached hydrogens (tertiary/aromatic N) is 1. The van der Waals surface area contributed by atoms with E-state index in [4.69, 9.17) is 5.11 Å². The number of carbonyl (C=O) groups is 1. The zero-order chi connectivity index (χ0) is 16.6. The van der Waals surface area contributed by atoms with Crippen molar-refractivity contribution in [3.8, 4) is 0 Å². The predicted octanol–water partition coefficient (Wildman–Crippen LogP) is 3.12. The molecule has 0 unspecified atom stereocenters. The van der Waals surface area contributed by atoms with Crippen LogP contribution in [0.25, 0.3) is 0 Å². The number of rotatable bonds is 4. The average Bonchev–Trinajstić information content (AvgIpc) is 2.29. The first-order chi connectivity index (χ1) is 9.36. The Labute approximate surface area is 134 Å². The zero-order valence-corrected chi connectivity index (χ0v) is 15.2. The van der Waals surface area contributed by atoms with Crippen molar-refractivity contribution in [3.63, 3.8) is 0 Å². The van der Waals surface area contributed by atoms with Crippen LogP contribution in [-0.4, -0.2) is 37.4 Å². The van der Waals surface area contributed by atoms with Crippen LogP contribution in [-0.2, 0) is 10.0 Å². The monoisotopic (exact) mass is 377 g/mol. The van der Waals surface area contributed by atoms with Gasteiger partial charge in [-0.05, 0) is 46.0 Å². The Morgan fingerprint density at radius 2 is 1.86 bits per heavy atom. The summed E-state index contributed by atoms with van der Waals surface area (Å²) < 4.78 is 27.0. The van der Waals surface area contributed by atoms with Crippen LogP contribution in [0, 0.1) is 12.3 Å². The summed E-state index contributed by atoms with van der Waals surface area (Å²) in [6.07, 6.45) is 0. The van der Waals surface area contributed by atoms with E-state index >= 15 is 0 Å². The molecule has 118 valence electrons. The van der Waals surface area contributed by atoms with E-state index < -0.39 is 16.0 Å². The normalized spacial score (nSPS) is 12.7. The molecule has 0 aliphatic heterocycles. The summed E-state index contributed by atoms with van der Waals surface area (Å²) in [5, 5.41) is 9.09. The van der Waals surface area contributed by atoms with E-state index in [1.54, 1.807) is 6.92 Å². The third-order valence-corrected chi connectivity index (χ3v) is 6.00. The lowest BCUT2D eigenvalue weighted by atomic mass is 9.97. The number of carboxylic acid groups (broad SMARTS) is 1. The average molecular weight is 378 g/mol. The highest BCUT2D eigenvalue weighted by Crippen LogP contribution is 2.30. The number of aryl methyl sites for hydroxylation is 1. The smallest absolute Gasteiger partial charge is 0.335 e. The summed E-state index contributed by atoms with van der Waals surface area (Å²) >= 11 is 3.25. The van der Waals surface area contributed by atoms with E-state index in [2.05, 4.69) is 15.9 Å². The van der Waals surface area contributed by atoms with Crippen molar-refractivity contribution in [2.75, 3.05) is 13.6 Å². The van der Waals surface area contributed by atoms with Crippen LogP contribution in [0.2, 0.25) is 0 Å². The molecule has 7 heteroatoms. The fourth-order valence-electron chi connectivity index (χ4n) is 1.97. The van der Waals surface area contributed by atoms with E-state index in [-0.39, 0.29) is 15.9 Å². The molecule has 0 spiro atoms. The molecule has 21 heavy (non-hydrogen) atoms. The molecule has 0 saturated carbocycles. The summed E-state index contributed by atoms with van der Waals surface area (Å²) in [4.78, 5) is 11.1. The van der Waals surface area contributed by atoms with Gasteiger partial charge in [0, 0.05) is 18.1 Å². The molecule has 5 nitrogen and oxygen atoms in total. The maximum atomic E-state index is 12.7. The third-order valence-electron chi connectivity index (χ3n) is 2.85. The summed E-state index contributed by atoms with van der Waals surface area (Å²) in [6, 6.07) is 2.63. The minimum atomic E-state index is -3.76. The molecule has 0 atom stereocenters. The molecular formula is C14H20BrNO4S. The van der Waals surface area contributed by atoms with Gasteiger partial charge in [0.2, 0.25) is 10.0 Å². The molecule has 1 rings (SSSR count). The van der Waals surface area contributed by atoms with E-state index in [0.29, 0.717) is 16.6 Å². The van der Waals surface area contributed by atoms with Gasteiger partial charge in [0.15, 0.2) is 0 Å². The van der Waals surface area contributed by atoms with Gasteiger partial charge in [-0.1, -0.05) is 20.8 Å². The van der Waals surface area contributed by atoms with Gasteiger partial charge in [0.05, 0.1) is 10.5 Å². The van der Waals surface area contributed by atoms with Gasteiger partial charge in [-0.25, -0.2) is 17.5 Å². The van der Waals surface area contributed by atoms with Crippen molar-refractivity contribution in [1.82, 2.24) is 4.31 Å². The van der Waals surface area contributed by atoms with E-state index in [1.807, 2.05) is 20.8 Å². The summed E-state index contributed by atoms with van der Waals surface area (Å²) in [5.41, 5.74) is 0.323. The lowest BCUT2D eigenvalue weighted by molar-refractivity contribution is 0.0696. The quantitative estimate of drug-likeness (QED) is 0.874. The number of halogens is 1. The van der Waals surface area contributed by atoms with Crippen LogP contribution < -0.4 is 0 Å². The second-order valence-corrected chi connectivity index (χ2v) is 9.04. The summed E-state index contributed by atoms with van der Waals surface area (Å²) in [7, 11) is -2.26. The Morgan fingerprint density at radius 1 is 1.33 bits per heavy atom. The minimum Gasteiger partial charge on any atom is -0.478 e. The van der Waals surface area contributed by atoms with Crippen molar-refractivity contribution in [2.45, 2.75) is 32.6 Å². The van der Waals surface area contributed by atoms with E-state index in [9.17, 15) is 13.2 Å². The maximum absolute atomic E-state index is 12.7. The highest BCUT2D eigenvalue weighted by atomic mass is 79.9. The summed E-state index contributed by atoms with van der Waals surface area (Å²) in [5.74, 6) is -1.15. The first-order valence-electron chi connectivity index (χ1n) is 6.36. The maximum Gasteiger partial charge on any atom is 0.335 e. The Hall–Kier alpha value is -0.920. The Bertz CT molecular complexity index is 662. The molecule has 1 N–H and O–H groups in total. The van der Waals surface area contributed by atoms with Crippen LogP contribution in [0.5, 0.6) is 0 Å². The fraction of sp³-hybridized carbons (Fsp3) is 0.500. The van der Waals surface area contributed by atoms with Crippen LogP contribution in [0.4, 0.5) is 0 Å². The van der Waals surface area contributed by atoms with Crippen molar-refractivity contribution < 1.29 is 18.3 Å². The van der Waals surface area contributed by atoms with Crippen molar-refractivity contribution >= 4 is 31.9 Å². The lowest BCUT2D eigenvalue weighted by Gasteiger charge is -2.26. The first-order valence-corrected chi connectivity index (χ1v) is 8.59. The van der Waals surface area contributed by atoms with Crippen molar-refractivity contribution in [3.05, 3.63) is 27.7 Å². The molecule has 0 aliphatic rings. The first kappa shape index (κ1) is 18.1. The number of aromatic carboxylic acids is 1. The molecule has 0 aromatic heterocycles. The van der Waals surface area contributed by atoms with Crippen LogP contribution in [0.15, 0.2) is 21.5 Å². The second kappa shape index (κ2) is 6.06.